The predicted octanol–water partition coefficient (Wildman–Crippen LogP) is 3.28. The van der Waals surface area contributed by atoms with Crippen LogP contribution in [0.5, 0.6) is 0 Å². The SMILES string of the molecule is Nc1[nH]c(=O)c(C(=O)NCC2CCN(C(F)c3cc(F)c(F)c(F)c3F)CC2)cc1Cl. The Hall–Kier alpha value is -2.66. The molecule has 1 aromatic carbocycles. The minimum Gasteiger partial charge on any atom is -0.384 e. The lowest BCUT2D eigenvalue weighted by Crippen LogP contribution is -2.40. The van der Waals surface area contributed by atoms with Gasteiger partial charge in [0.1, 0.15) is 11.4 Å². The average Bonchev–Trinajstić information content (AvgIpc) is 2.75. The molecule has 1 amide bonds. The van der Waals surface area contributed by atoms with Gasteiger partial charge < -0.3 is 16.0 Å². The maximum atomic E-state index is 14.7. The number of aromatic nitrogens is 1. The van der Waals surface area contributed by atoms with E-state index >= 15 is 0 Å². The number of nitrogens with two attached hydrogens (primary N) is 1. The molecule has 0 saturated carbocycles. The second-order valence-electron chi connectivity index (χ2n) is 7.19. The summed E-state index contributed by atoms with van der Waals surface area (Å²) in [5.74, 6) is -8.30. The summed E-state index contributed by atoms with van der Waals surface area (Å²) in [6, 6.07) is 1.46. The van der Waals surface area contributed by atoms with E-state index in [0.29, 0.717) is 18.9 Å². The van der Waals surface area contributed by atoms with Crippen molar-refractivity contribution in [3.05, 3.63) is 61.9 Å². The van der Waals surface area contributed by atoms with Crippen LogP contribution in [0.3, 0.4) is 0 Å². The fourth-order valence-corrected chi connectivity index (χ4v) is 3.52. The number of rotatable bonds is 5. The van der Waals surface area contributed by atoms with Crippen molar-refractivity contribution in [2.24, 2.45) is 5.92 Å². The van der Waals surface area contributed by atoms with Crippen molar-refractivity contribution in [1.82, 2.24) is 15.2 Å². The van der Waals surface area contributed by atoms with Crippen LogP contribution in [-0.4, -0.2) is 35.4 Å². The number of likely N-dealkylation sites (tertiary alicyclic amines) is 1. The van der Waals surface area contributed by atoms with E-state index in [1.807, 2.05) is 0 Å². The van der Waals surface area contributed by atoms with Crippen LogP contribution >= 0.6 is 11.6 Å². The van der Waals surface area contributed by atoms with Crippen molar-refractivity contribution in [3.63, 3.8) is 0 Å². The number of hydrogen-bond donors (Lipinski definition) is 3. The molecule has 1 saturated heterocycles. The number of nitrogens with zero attached hydrogens (tertiary/aromatic N) is 1. The molecule has 0 aliphatic carbocycles. The van der Waals surface area contributed by atoms with E-state index in [1.54, 1.807) is 0 Å². The number of nitrogen functional groups attached to an aromatic ring is 1. The number of amides is 1. The summed E-state index contributed by atoms with van der Waals surface area (Å²) < 4.78 is 68.3. The second kappa shape index (κ2) is 9.23. The first-order chi connectivity index (χ1) is 14.6. The number of hydrogen-bond acceptors (Lipinski definition) is 4. The molecular weight excluding hydrogens is 447 g/mol. The Labute approximate surface area is 178 Å². The molecular formula is C19H18ClF5N4O2. The number of aromatic amines is 1. The molecule has 2 aromatic rings. The van der Waals surface area contributed by atoms with Crippen molar-refractivity contribution in [3.8, 4) is 0 Å². The standard InChI is InChI=1S/C19H18ClF5N4O2/c20-11-5-10(19(31)28-17(11)26)18(30)27-7-8-1-3-29(4-2-8)16(25)9-6-12(21)14(23)15(24)13(9)22/h5-6,8,16H,1-4,7H2,(H,27,30)(H3,26,28,31). The molecule has 4 N–H and O–H groups in total. The number of pyridine rings is 1. The summed E-state index contributed by atoms with van der Waals surface area (Å²) in [7, 11) is 0. The van der Waals surface area contributed by atoms with Gasteiger partial charge in [-0.3, -0.25) is 14.5 Å². The van der Waals surface area contributed by atoms with E-state index in [9.17, 15) is 31.5 Å². The number of benzene rings is 1. The molecule has 1 aliphatic heterocycles. The highest BCUT2D eigenvalue weighted by Gasteiger charge is 2.31. The van der Waals surface area contributed by atoms with Crippen molar-refractivity contribution in [2.75, 3.05) is 25.4 Å². The van der Waals surface area contributed by atoms with E-state index in [1.165, 1.54) is 0 Å². The summed E-state index contributed by atoms with van der Waals surface area (Å²) in [6.07, 6.45) is -1.39. The molecule has 1 aromatic heterocycles. The number of alkyl halides is 1. The van der Waals surface area contributed by atoms with Gasteiger partial charge >= 0.3 is 0 Å². The van der Waals surface area contributed by atoms with Crippen LogP contribution in [0.4, 0.5) is 27.8 Å². The van der Waals surface area contributed by atoms with Gasteiger partial charge in [0.25, 0.3) is 11.5 Å². The van der Waals surface area contributed by atoms with Gasteiger partial charge in [-0.25, -0.2) is 22.0 Å². The van der Waals surface area contributed by atoms with Gasteiger partial charge in [0, 0.05) is 25.2 Å². The van der Waals surface area contributed by atoms with E-state index in [-0.39, 0.29) is 42.0 Å². The smallest absolute Gasteiger partial charge is 0.262 e. The van der Waals surface area contributed by atoms with Crippen LogP contribution in [-0.2, 0) is 0 Å². The average molecular weight is 465 g/mol. The third kappa shape index (κ3) is 4.82. The van der Waals surface area contributed by atoms with Crippen molar-refractivity contribution < 1.29 is 26.7 Å². The highest BCUT2D eigenvalue weighted by atomic mass is 35.5. The van der Waals surface area contributed by atoms with Gasteiger partial charge in [-0.05, 0) is 30.9 Å². The Morgan fingerprint density at radius 1 is 1.19 bits per heavy atom. The molecule has 1 fully saturated rings. The molecule has 31 heavy (non-hydrogen) atoms. The lowest BCUT2D eigenvalue weighted by molar-refractivity contribution is 0.0438. The molecule has 0 bridgehead atoms. The molecule has 0 spiro atoms. The Bertz CT molecular complexity index is 1060. The quantitative estimate of drug-likeness (QED) is 0.274. The maximum Gasteiger partial charge on any atom is 0.262 e. The van der Waals surface area contributed by atoms with Crippen LogP contribution in [0, 0.1) is 29.2 Å². The topological polar surface area (TPSA) is 91.2 Å². The molecule has 1 atom stereocenters. The highest BCUT2D eigenvalue weighted by Crippen LogP contribution is 2.31. The number of halogens is 6. The molecule has 1 unspecified atom stereocenters. The van der Waals surface area contributed by atoms with E-state index < -0.39 is 46.6 Å². The molecule has 168 valence electrons. The first-order valence-corrected chi connectivity index (χ1v) is 9.65. The maximum absolute atomic E-state index is 14.7. The fourth-order valence-electron chi connectivity index (χ4n) is 3.37. The zero-order valence-corrected chi connectivity index (χ0v) is 16.7. The van der Waals surface area contributed by atoms with Crippen LogP contribution < -0.4 is 16.6 Å². The lowest BCUT2D eigenvalue weighted by Gasteiger charge is -2.34. The Morgan fingerprint density at radius 2 is 1.84 bits per heavy atom. The van der Waals surface area contributed by atoms with Crippen molar-refractivity contribution in [2.45, 2.75) is 19.1 Å². The largest absolute Gasteiger partial charge is 0.384 e. The van der Waals surface area contributed by atoms with Gasteiger partial charge in [0.05, 0.1) is 5.02 Å². The van der Waals surface area contributed by atoms with Gasteiger partial charge in [-0.2, -0.15) is 0 Å². The zero-order chi connectivity index (χ0) is 22.9. The minimum absolute atomic E-state index is 0.0212. The third-order valence-corrected chi connectivity index (χ3v) is 5.49. The van der Waals surface area contributed by atoms with Gasteiger partial charge in [-0.1, -0.05) is 11.6 Å². The Morgan fingerprint density at radius 3 is 2.48 bits per heavy atom. The minimum atomic E-state index is -2.16. The first-order valence-electron chi connectivity index (χ1n) is 9.27. The van der Waals surface area contributed by atoms with Gasteiger partial charge in [-0.15, -0.1) is 0 Å². The highest BCUT2D eigenvalue weighted by molar-refractivity contribution is 6.33. The molecule has 1 aliphatic rings. The van der Waals surface area contributed by atoms with Gasteiger partial charge in [0.2, 0.25) is 0 Å². The second-order valence-corrected chi connectivity index (χ2v) is 7.60. The van der Waals surface area contributed by atoms with E-state index in [0.717, 1.165) is 11.0 Å². The summed E-state index contributed by atoms with van der Waals surface area (Å²) in [4.78, 5) is 27.5. The molecule has 12 heteroatoms. The van der Waals surface area contributed by atoms with Crippen LogP contribution in [0.25, 0.3) is 0 Å². The number of H-pyrrole nitrogens is 1. The summed E-state index contributed by atoms with van der Waals surface area (Å²) in [5, 5.41) is 2.61. The normalized spacial score (nSPS) is 16.3. The summed E-state index contributed by atoms with van der Waals surface area (Å²) >= 11 is 5.80. The summed E-state index contributed by atoms with van der Waals surface area (Å²) in [5.41, 5.74) is 3.63. The first kappa shape index (κ1) is 23.0. The lowest BCUT2D eigenvalue weighted by atomic mass is 9.96. The Balaban J connectivity index is 1.57. The molecule has 3 rings (SSSR count). The molecule has 6 nitrogen and oxygen atoms in total. The summed E-state index contributed by atoms with van der Waals surface area (Å²) in [6.45, 7) is 0.394. The number of carbonyl (C=O) groups is 1. The van der Waals surface area contributed by atoms with Crippen molar-refractivity contribution in [1.29, 1.82) is 0 Å². The zero-order valence-electron chi connectivity index (χ0n) is 16.0. The monoisotopic (exact) mass is 464 g/mol. The number of anilines is 1. The van der Waals surface area contributed by atoms with Gasteiger partial charge in [0.15, 0.2) is 29.6 Å². The van der Waals surface area contributed by atoms with Crippen LogP contribution in [0.2, 0.25) is 5.02 Å². The van der Waals surface area contributed by atoms with E-state index in [4.69, 9.17) is 17.3 Å². The number of nitrogens with one attached hydrogen (secondary N) is 2. The van der Waals surface area contributed by atoms with Crippen LogP contribution in [0.15, 0.2) is 16.9 Å². The number of piperidine rings is 1. The van der Waals surface area contributed by atoms with Crippen molar-refractivity contribution >= 4 is 23.3 Å². The number of carbonyl (C=O) groups excluding carboxylic acids is 1. The fraction of sp³-hybridized carbons (Fsp3) is 0.368. The Kier molecular flexibility index (Phi) is 6.85. The molecule has 2 heterocycles. The van der Waals surface area contributed by atoms with E-state index in [2.05, 4.69) is 10.3 Å². The third-order valence-electron chi connectivity index (χ3n) is 5.17. The predicted molar refractivity (Wildman–Crippen MR) is 103 cm³/mol. The van der Waals surface area contributed by atoms with Crippen LogP contribution in [0.1, 0.15) is 35.1 Å². The molecule has 0 radical (unpaired) electrons.